The third kappa shape index (κ3) is 1.87. The molecule has 2 N–H and O–H groups in total. The number of nitrogen functional groups attached to an aromatic ring is 1. The van der Waals surface area contributed by atoms with Crippen molar-refractivity contribution >= 4 is 34.1 Å². The third-order valence-corrected chi connectivity index (χ3v) is 4.92. The summed E-state index contributed by atoms with van der Waals surface area (Å²) in [6.45, 7) is 0. The topological polar surface area (TPSA) is 124 Å². The molecule has 0 radical (unpaired) electrons. The Bertz CT molecular complexity index is 1320. The van der Waals surface area contributed by atoms with E-state index in [2.05, 4.69) is 16.0 Å². The Labute approximate surface area is 143 Å². The second kappa shape index (κ2) is 5.02. The summed E-state index contributed by atoms with van der Waals surface area (Å²) < 4.78 is 3.76. The number of nitrogens with zero attached hydrogens (tertiary/aromatic N) is 6. The van der Waals surface area contributed by atoms with Crippen LogP contribution in [0.25, 0.3) is 27.5 Å². The monoisotopic (exact) mass is 353 g/mol. The minimum atomic E-state index is -0.515. The van der Waals surface area contributed by atoms with Crippen LogP contribution in [-0.4, -0.2) is 23.5 Å². The van der Waals surface area contributed by atoms with E-state index in [9.17, 15) is 14.9 Å². The normalized spacial score (nSPS) is 11.2. The summed E-state index contributed by atoms with van der Waals surface area (Å²) >= 11 is 1.40. The Balaban J connectivity index is 2.40. The van der Waals surface area contributed by atoms with Gasteiger partial charge >= 0.3 is 5.69 Å². The molecule has 0 atom stereocenters. The highest BCUT2D eigenvalue weighted by atomic mass is 32.1. The molecular formula is C15H11N7O2S. The van der Waals surface area contributed by atoms with E-state index in [1.54, 1.807) is 0 Å². The number of nitriles is 1. The van der Waals surface area contributed by atoms with Crippen LogP contribution < -0.4 is 17.0 Å². The molecule has 4 heterocycles. The number of aromatic nitrogens is 5. The van der Waals surface area contributed by atoms with Crippen LogP contribution in [0.5, 0.6) is 0 Å². The Kier molecular flexibility index (Phi) is 3.03. The lowest BCUT2D eigenvalue weighted by Crippen LogP contribution is -2.37. The van der Waals surface area contributed by atoms with E-state index >= 15 is 0 Å². The first-order valence-corrected chi connectivity index (χ1v) is 8.05. The summed E-state index contributed by atoms with van der Waals surface area (Å²) in [4.78, 5) is 34.1. The number of fused-ring (bicyclic) bond motifs is 3. The molecule has 0 saturated carbocycles. The van der Waals surface area contributed by atoms with Crippen LogP contribution in [0, 0.1) is 11.3 Å². The zero-order chi connectivity index (χ0) is 17.9. The maximum Gasteiger partial charge on any atom is 0.332 e. The van der Waals surface area contributed by atoms with Crippen molar-refractivity contribution in [2.75, 3.05) is 5.73 Å². The van der Waals surface area contributed by atoms with Gasteiger partial charge in [0.1, 0.15) is 17.5 Å². The van der Waals surface area contributed by atoms with Crippen molar-refractivity contribution in [1.29, 1.82) is 5.26 Å². The molecule has 25 heavy (non-hydrogen) atoms. The van der Waals surface area contributed by atoms with E-state index in [0.29, 0.717) is 5.69 Å². The third-order valence-electron chi connectivity index (χ3n) is 4.04. The Hall–Kier alpha value is -3.45. The first-order chi connectivity index (χ1) is 12.0. The molecule has 0 saturated heterocycles. The minimum Gasteiger partial charge on any atom is -0.382 e. The maximum atomic E-state index is 12.7. The fourth-order valence-corrected chi connectivity index (χ4v) is 3.59. The molecule has 0 aromatic carbocycles. The van der Waals surface area contributed by atoms with E-state index in [1.807, 2.05) is 17.5 Å². The predicted octanol–water partition coefficient (Wildman–Crippen LogP) is 0.462. The van der Waals surface area contributed by atoms with Gasteiger partial charge in [-0.15, -0.1) is 11.3 Å². The largest absolute Gasteiger partial charge is 0.382 e. The van der Waals surface area contributed by atoms with Crippen LogP contribution in [-0.2, 0) is 14.1 Å². The molecule has 0 amide bonds. The summed E-state index contributed by atoms with van der Waals surface area (Å²) in [5.74, 6) is 0.184. The molecule has 4 rings (SSSR count). The minimum absolute atomic E-state index is 0.0236. The van der Waals surface area contributed by atoms with Crippen molar-refractivity contribution in [3.63, 3.8) is 0 Å². The SMILES string of the molecule is Cn1c(=O)c2c(nc3nc(N)c(C#N)c(-c4cccs4)n32)n(C)c1=O. The number of imidazole rings is 1. The van der Waals surface area contributed by atoms with Crippen molar-refractivity contribution < 1.29 is 0 Å². The number of thiophene rings is 1. The fourth-order valence-electron chi connectivity index (χ4n) is 2.82. The lowest BCUT2D eigenvalue weighted by molar-refractivity contribution is 0.708. The van der Waals surface area contributed by atoms with E-state index in [4.69, 9.17) is 5.73 Å². The van der Waals surface area contributed by atoms with Crippen molar-refractivity contribution in [1.82, 2.24) is 23.5 Å². The number of rotatable bonds is 1. The van der Waals surface area contributed by atoms with Gasteiger partial charge in [-0.05, 0) is 11.4 Å². The Morgan fingerprint density at radius 3 is 2.64 bits per heavy atom. The molecule has 0 unspecified atom stereocenters. The van der Waals surface area contributed by atoms with Gasteiger partial charge in [-0.1, -0.05) is 6.07 Å². The number of hydrogen-bond acceptors (Lipinski definition) is 7. The zero-order valence-corrected chi connectivity index (χ0v) is 14.0. The van der Waals surface area contributed by atoms with Crippen LogP contribution in [0.15, 0.2) is 27.1 Å². The second-order valence-corrected chi connectivity index (χ2v) is 6.38. The summed E-state index contributed by atoms with van der Waals surface area (Å²) in [7, 11) is 2.92. The lowest BCUT2D eigenvalue weighted by atomic mass is 10.2. The van der Waals surface area contributed by atoms with Crippen LogP contribution in [0.2, 0.25) is 0 Å². The molecule has 124 valence electrons. The highest BCUT2D eigenvalue weighted by Gasteiger charge is 2.23. The molecule has 0 fully saturated rings. The predicted molar refractivity (Wildman–Crippen MR) is 93.4 cm³/mol. The Morgan fingerprint density at radius 1 is 1.24 bits per heavy atom. The smallest absolute Gasteiger partial charge is 0.332 e. The molecule has 0 aliphatic rings. The van der Waals surface area contributed by atoms with Gasteiger partial charge in [0.15, 0.2) is 11.2 Å². The highest BCUT2D eigenvalue weighted by Crippen LogP contribution is 2.32. The van der Waals surface area contributed by atoms with Crippen LogP contribution in [0.1, 0.15) is 5.56 Å². The van der Waals surface area contributed by atoms with Crippen molar-refractivity contribution in [2.45, 2.75) is 0 Å². The van der Waals surface area contributed by atoms with Gasteiger partial charge in [-0.3, -0.25) is 18.3 Å². The van der Waals surface area contributed by atoms with Crippen LogP contribution in [0.4, 0.5) is 5.82 Å². The van der Waals surface area contributed by atoms with Gasteiger partial charge in [-0.25, -0.2) is 4.79 Å². The maximum absolute atomic E-state index is 12.7. The quantitative estimate of drug-likeness (QED) is 0.530. The van der Waals surface area contributed by atoms with Crippen molar-refractivity contribution in [3.8, 4) is 16.6 Å². The molecule has 0 aliphatic carbocycles. The molecular weight excluding hydrogens is 342 g/mol. The van der Waals surface area contributed by atoms with Gasteiger partial charge in [0.05, 0.1) is 10.6 Å². The van der Waals surface area contributed by atoms with Gasteiger partial charge in [0.25, 0.3) is 5.56 Å². The molecule has 4 aromatic rings. The molecule has 0 aliphatic heterocycles. The van der Waals surface area contributed by atoms with Gasteiger partial charge < -0.3 is 5.73 Å². The van der Waals surface area contributed by atoms with Gasteiger partial charge in [-0.2, -0.15) is 15.2 Å². The fraction of sp³-hybridized carbons (Fsp3) is 0.133. The molecule has 4 aromatic heterocycles. The van der Waals surface area contributed by atoms with E-state index in [0.717, 1.165) is 9.44 Å². The lowest BCUT2D eigenvalue weighted by Gasteiger charge is -2.09. The van der Waals surface area contributed by atoms with Crippen LogP contribution >= 0.6 is 11.3 Å². The van der Waals surface area contributed by atoms with Crippen molar-refractivity contribution in [3.05, 3.63) is 43.9 Å². The molecule has 0 bridgehead atoms. The average Bonchev–Trinajstić information content (AvgIpc) is 3.24. The summed E-state index contributed by atoms with van der Waals surface area (Å²) in [6, 6.07) is 5.70. The molecule has 9 nitrogen and oxygen atoms in total. The van der Waals surface area contributed by atoms with Gasteiger partial charge in [0, 0.05) is 14.1 Å². The average molecular weight is 353 g/mol. The summed E-state index contributed by atoms with van der Waals surface area (Å²) in [6.07, 6.45) is 0. The Morgan fingerprint density at radius 2 is 2.00 bits per heavy atom. The summed E-state index contributed by atoms with van der Waals surface area (Å²) in [5, 5.41) is 11.4. The zero-order valence-electron chi connectivity index (χ0n) is 13.2. The van der Waals surface area contributed by atoms with E-state index in [1.165, 1.54) is 34.4 Å². The molecule has 10 heteroatoms. The number of anilines is 1. The second-order valence-electron chi connectivity index (χ2n) is 5.43. The standard InChI is InChI=1S/C15H11N7O2S/c1-20-12-10(13(23)21(2)15(20)24)22-9(8-4-3-5-25-8)7(6-16)11(17)18-14(22)19-12/h3-5H,1-2H3,(H2,17,18,19). The summed E-state index contributed by atoms with van der Waals surface area (Å²) in [5.41, 5.74) is 5.88. The van der Waals surface area contributed by atoms with Gasteiger partial charge in [0.2, 0.25) is 5.78 Å². The van der Waals surface area contributed by atoms with E-state index < -0.39 is 11.2 Å². The number of aryl methyl sites for hydroxylation is 1. The first-order valence-electron chi connectivity index (χ1n) is 7.17. The van der Waals surface area contributed by atoms with Crippen LogP contribution in [0.3, 0.4) is 0 Å². The van der Waals surface area contributed by atoms with Crippen molar-refractivity contribution in [2.24, 2.45) is 14.1 Å². The van der Waals surface area contributed by atoms with E-state index in [-0.39, 0.29) is 28.3 Å². The number of hydrogen-bond donors (Lipinski definition) is 1. The molecule has 0 spiro atoms. The highest BCUT2D eigenvalue weighted by molar-refractivity contribution is 7.13. The first kappa shape index (κ1) is 15.1. The number of nitrogens with two attached hydrogens (primary N) is 1.